The van der Waals surface area contributed by atoms with Gasteiger partial charge >= 0.3 is 32.9 Å². The van der Waals surface area contributed by atoms with Gasteiger partial charge in [-0.25, -0.2) is 0 Å². The summed E-state index contributed by atoms with van der Waals surface area (Å²) in [6.07, 6.45) is 0. The normalized spacial score (nSPS) is 14.4. The van der Waals surface area contributed by atoms with Crippen molar-refractivity contribution in [1.29, 1.82) is 0 Å². The van der Waals surface area contributed by atoms with Crippen LogP contribution in [-0.2, 0) is 9.68 Å². The molecule has 0 aliphatic carbocycles. The summed E-state index contributed by atoms with van der Waals surface area (Å²) in [5.41, 5.74) is 0. The van der Waals surface area contributed by atoms with Gasteiger partial charge in [-0.3, -0.25) is 0 Å². The van der Waals surface area contributed by atoms with Crippen LogP contribution in [0, 0.1) is 0 Å². The molecule has 0 unspecified atom stereocenters. The van der Waals surface area contributed by atoms with E-state index in [-0.39, 0.29) is 0 Å². The topological polar surface area (TPSA) is 68.3 Å². The molecule has 0 amide bonds. The molecular weight excluding hydrogens is 87.0 g/mol. The molecular formula is NaO4. The van der Waals surface area contributed by atoms with Crippen molar-refractivity contribution in [2.75, 3.05) is 0 Å². The average molecular weight is 87.0 g/mol. The van der Waals surface area contributed by atoms with Crippen LogP contribution in [-0.4, -0.2) is 23.2 Å². The molecule has 0 saturated carbocycles. The van der Waals surface area contributed by atoms with Gasteiger partial charge in [-0.2, -0.15) is 0 Å². The molecule has 0 aromatic heterocycles. The number of hydrogen-bond acceptors (Lipinski definition) is 4. The average Bonchev–Trinajstić information content (AvgIpc) is 0.722. The van der Waals surface area contributed by atoms with E-state index in [1.54, 1.807) is 0 Å². The summed E-state index contributed by atoms with van der Waals surface area (Å²) in [7, 11) is 0. The zero-order valence-electron chi connectivity index (χ0n) is 2.63. The van der Waals surface area contributed by atoms with Crippen LogP contribution in [0.5, 0.6) is 0 Å². The van der Waals surface area contributed by atoms with Gasteiger partial charge in [0, 0.05) is 0 Å². The van der Waals surface area contributed by atoms with E-state index < -0.39 is 23.2 Å². The molecule has 5 heavy (non-hydrogen) atoms. The first-order valence-electron chi connectivity index (χ1n) is 1.63. The second-order valence-electron chi connectivity index (χ2n) is 1.00. The molecule has 4 nitrogen and oxygen atoms in total. The van der Waals surface area contributed by atoms with E-state index in [4.69, 9.17) is 9.68 Å². The van der Waals surface area contributed by atoms with Crippen molar-refractivity contribution in [3.8, 4) is 0 Å². The van der Waals surface area contributed by atoms with Crippen molar-refractivity contribution < 1.29 is 9.68 Å². The van der Waals surface area contributed by atoms with Crippen LogP contribution in [0.4, 0.5) is 0 Å². The van der Waals surface area contributed by atoms with Crippen LogP contribution >= 0.6 is 0 Å². The molecule has 0 aliphatic rings. The van der Waals surface area contributed by atoms with Crippen LogP contribution in [0.25, 0.3) is 0 Å². The Morgan fingerprint density at radius 3 is 0.800 bits per heavy atom. The third-order valence-corrected chi connectivity index (χ3v) is 0. The Hall–Kier alpha value is 0.200. The Balaban J connectivity index is 6.05. The Morgan fingerprint density at radius 1 is 0.800 bits per heavy atom. The Kier molecular flexibility index (Phi) is 1.16. The SMILES string of the molecule is [O]=[Na](=[O])(=[O])=[O]. The maximum atomic E-state index is 8.66. The molecule has 0 heterocycles. The summed E-state index contributed by atoms with van der Waals surface area (Å²) in [6.45, 7) is 0. The van der Waals surface area contributed by atoms with Gasteiger partial charge in [0.15, 0.2) is 0 Å². The van der Waals surface area contributed by atoms with Gasteiger partial charge in [-0.05, 0) is 0 Å². The predicted octanol–water partition coefficient (Wildman–Crippen LogP) is -0.856. The third kappa shape index (κ3) is 508. The molecule has 0 aromatic carbocycles. The first kappa shape index (κ1) is 5.20. The molecule has 0 N–H and O–H groups in total. The first-order chi connectivity index (χ1) is 2.00. The second kappa shape index (κ2) is 1.12. The molecule has 0 aromatic rings. The second-order valence-corrected chi connectivity index (χ2v) is 3.00. The zero-order valence-corrected chi connectivity index (χ0v) is 4.63. The molecule has 0 atom stereocenters. The molecule has 5 heteroatoms. The predicted molar refractivity (Wildman–Crippen MR) is 8.50 cm³/mol. The standard InChI is InChI=1S/Na.4O. The fraction of sp³-hybridized carbons (Fsp3) is 0. The van der Waals surface area contributed by atoms with Crippen molar-refractivity contribution in [1.82, 2.24) is 0 Å². The molecule has 0 bridgehead atoms. The van der Waals surface area contributed by atoms with Crippen LogP contribution in [0.2, 0.25) is 0 Å². The fourth-order valence-corrected chi connectivity index (χ4v) is 0. The van der Waals surface area contributed by atoms with Gasteiger partial charge in [-0.1, -0.05) is 0 Å². The van der Waals surface area contributed by atoms with E-state index >= 15 is 0 Å². The molecule has 25 valence electrons. The van der Waals surface area contributed by atoms with Crippen LogP contribution in [0.1, 0.15) is 0 Å². The molecule has 0 spiro atoms. The number of hydrogen-bond donors (Lipinski definition) is 0. The monoisotopic (exact) mass is 87.0 g/mol. The van der Waals surface area contributed by atoms with Gasteiger partial charge in [0.05, 0.1) is 0 Å². The van der Waals surface area contributed by atoms with Crippen molar-refractivity contribution >= 4 is 23.2 Å². The number of rotatable bonds is 0. The molecule has 0 aliphatic heterocycles. The fourth-order valence-electron chi connectivity index (χ4n) is 0. The summed E-state index contributed by atoms with van der Waals surface area (Å²) >= 11 is -6.28. The van der Waals surface area contributed by atoms with Crippen molar-refractivity contribution in [2.45, 2.75) is 0 Å². The first-order valence-corrected chi connectivity index (χ1v) is 4.90. The van der Waals surface area contributed by atoms with Gasteiger partial charge in [0.2, 0.25) is 0 Å². The van der Waals surface area contributed by atoms with E-state index in [0.29, 0.717) is 0 Å². The summed E-state index contributed by atoms with van der Waals surface area (Å²) in [5.74, 6) is 0. The van der Waals surface area contributed by atoms with Crippen molar-refractivity contribution in [3.05, 3.63) is 0 Å². The van der Waals surface area contributed by atoms with E-state index in [2.05, 4.69) is 0 Å². The van der Waals surface area contributed by atoms with Gasteiger partial charge in [-0.15, -0.1) is 0 Å². The summed E-state index contributed by atoms with van der Waals surface area (Å²) < 4.78 is 34.6. The summed E-state index contributed by atoms with van der Waals surface area (Å²) in [6, 6.07) is 0. The Bertz CT molecular complexity index is 155. The summed E-state index contributed by atoms with van der Waals surface area (Å²) in [5, 5.41) is 0. The van der Waals surface area contributed by atoms with Crippen molar-refractivity contribution in [3.63, 3.8) is 0 Å². The van der Waals surface area contributed by atoms with E-state index in [1.807, 2.05) is 0 Å². The zero-order chi connectivity index (χ0) is 4.50. The van der Waals surface area contributed by atoms with Gasteiger partial charge in [0.25, 0.3) is 0 Å². The van der Waals surface area contributed by atoms with Crippen LogP contribution in [0.3, 0.4) is 0 Å². The quantitative estimate of drug-likeness (QED) is 0.360. The third-order valence-electron chi connectivity index (χ3n) is 0. The summed E-state index contributed by atoms with van der Waals surface area (Å²) in [4.78, 5) is 0. The molecule has 0 saturated heterocycles. The van der Waals surface area contributed by atoms with Gasteiger partial charge < -0.3 is 0 Å². The Morgan fingerprint density at radius 2 is 0.800 bits per heavy atom. The minimum atomic E-state index is -6.28. The van der Waals surface area contributed by atoms with Crippen LogP contribution < -0.4 is 0 Å². The van der Waals surface area contributed by atoms with E-state index in [9.17, 15) is 0 Å². The Labute approximate surface area is 33.1 Å². The van der Waals surface area contributed by atoms with Gasteiger partial charge in [0.1, 0.15) is 0 Å². The maximum absolute atomic E-state index is 8.66. The van der Waals surface area contributed by atoms with E-state index in [1.165, 1.54) is 0 Å². The van der Waals surface area contributed by atoms with Crippen molar-refractivity contribution in [2.24, 2.45) is 0 Å². The van der Waals surface area contributed by atoms with Crippen LogP contribution in [0.15, 0.2) is 0 Å². The minimum absolute atomic E-state index is 6.28. The van der Waals surface area contributed by atoms with E-state index in [0.717, 1.165) is 0 Å². The molecule has 0 rings (SSSR count). The molecule has 0 fully saturated rings. The molecule has 0 radical (unpaired) electrons.